The Hall–Kier alpha value is -1.60. The average molecular weight is 665 g/mol. The van der Waals surface area contributed by atoms with E-state index in [1.54, 1.807) is 6.92 Å². The molecule has 15 atom stereocenters. The number of rotatable bonds is 5. The number of carbonyl (C=O) groups is 2. The normalized spacial score (nSPS) is 54.2. The first-order chi connectivity index (χ1) is 21.9. The highest BCUT2D eigenvalue weighted by molar-refractivity contribution is 5.79. The second kappa shape index (κ2) is 11.5. The zero-order chi connectivity index (χ0) is 34.5. The Morgan fingerprint density at radius 1 is 0.872 bits per heavy atom. The molecule has 1 saturated heterocycles. The predicted octanol–water partition coefficient (Wildman–Crippen LogP) is 2.53. The van der Waals surface area contributed by atoms with E-state index in [1.807, 2.05) is 6.92 Å². The molecule has 6 aliphatic rings. The fourth-order valence-electron chi connectivity index (χ4n) is 12.0. The van der Waals surface area contributed by atoms with Gasteiger partial charge in [0.15, 0.2) is 0 Å². The fraction of sp³-hybridized carbons (Fsp3) is 0.889. The number of aliphatic hydroxyl groups is 6. The molecule has 0 spiro atoms. The smallest absolute Gasteiger partial charge is 0.315 e. The molecule has 266 valence electrons. The van der Waals surface area contributed by atoms with Gasteiger partial charge in [0.2, 0.25) is 6.29 Å². The molecule has 47 heavy (non-hydrogen) atoms. The van der Waals surface area contributed by atoms with Gasteiger partial charge < -0.3 is 45.2 Å². The minimum Gasteiger partial charge on any atom is -0.481 e. The molecule has 4 saturated carbocycles. The topological polar surface area (TPSA) is 194 Å². The minimum atomic E-state index is -1.69. The van der Waals surface area contributed by atoms with Crippen LogP contribution in [0.1, 0.15) is 98.8 Å². The lowest BCUT2D eigenvalue weighted by atomic mass is 9.33. The lowest BCUT2D eigenvalue weighted by molar-refractivity contribution is -0.297. The van der Waals surface area contributed by atoms with Crippen molar-refractivity contribution in [1.29, 1.82) is 0 Å². The van der Waals surface area contributed by atoms with Crippen LogP contribution in [-0.2, 0) is 19.1 Å². The summed E-state index contributed by atoms with van der Waals surface area (Å²) >= 11 is 0. The standard InChI is InChI=1S/C36H56O11/c1-31(18-38)12-14-36(30(45)47-28-27(42)26(41)25(40)21(17-37)46-28)15-13-33(3)19(20(36)16-31)6-7-22-32(2)10-9-24(39)35(5,29(43)44)23(32)8-11-34(22,33)4/h6,20-28,37-42H,7-18H2,1-5H3,(H,43,44)/t20?,21-,22?,23?,24?,25-,26+,27-,28+,31?,32?,33?,34?,35?,36?/m1/s1. The van der Waals surface area contributed by atoms with Crippen LogP contribution in [0.3, 0.4) is 0 Å². The van der Waals surface area contributed by atoms with Crippen LogP contribution in [0.2, 0.25) is 0 Å². The van der Waals surface area contributed by atoms with Crippen molar-refractivity contribution < 1.29 is 54.8 Å². The van der Waals surface area contributed by atoms with Gasteiger partial charge in [-0.3, -0.25) is 9.59 Å². The van der Waals surface area contributed by atoms with Gasteiger partial charge in [-0.25, -0.2) is 0 Å². The van der Waals surface area contributed by atoms with E-state index < -0.39 is 71.6 Å². The van der Waals surface area contributed by atoms with Crippen LogP contribution in [0.5, 0.6) is 0 Å². The molecule has 0 radical (unpaired) electrons. The molecule has 7 N–H and O–H groups in total. The summed E-state index contributed by atoms with van der Waals surface area (Å²) in [5.41, 5.74) is -2.23. The average Bonchev–Trinajstić information content (AvgIpc) is 3.03. The molecule has 5 fully saturated rings. The quantitative estimate of drug-likeness (QED) is 0.169. The van der Waals surface area contributed by atoms with Crippen molar-refractivity contribution in [3.8, 4) is 0 Å². The maximum Gasteiger partial charge on any atom is 0.315 e. The van der Waals surface area contributed by atoms with Crippen LogP contribution in [0.4, 0.5) is 0 Å². The van der Waals surface area contributed by atoms with E-state index in [9.17, 15) is 45.3 Å². The predicted molar refractivity (Wildman–Crippen MR) is 168 cm³/mol. The molecule has 1 heterocycles. The number of carbonyl (C=O) groups excluding carboxylic acids is 1. The Balaban J connectivity index is 1.37. The number of aliphatic carboxylic acids is 1. The van der Waals surface area contributed by atoms with E-state index in [0.717, 1.165) is 19.3 Å². The third kappa shape index (κ3) is 4.69. The lowest BCUT2D eigenvalue weighted by Crippen LogP contribution is -2.66. The van der Waals surface area contributed by atoms with Crippen LogP contribution >= 0.6 is 0 Å². The molecule has 0 amide bonds. The summed E-state index contributed by atoms with van der Waals surface area (Å²) in [6, 6.07) is 0. The van der Waals surface area contributed by atoms with E-state index in [2.05, 4.69) is 26.8 Å². The Morgan fingerprint density at radius 2 is 1.55 bits per heavy atom. The van der Waals surface area contributed by atoms with Gasteiger partial charge in [0, 0.05) is 6.61 Å². The molecule has 10 unspecified atom stereocenters. The summed E-state index contributed by atoms with van der Waals surface area (Å²) in [7, 11) is 0. The number of hydrogen-bond acceptors (Lipinski definition) is 10. The Bertz CT molecular complexity index is 1300. The molecule has 0 aromatic carbocycles. The summed E-state index contributed by atoms with van der Waals surface area (Å²) in [6.45, 7) is 10.0. The monoisotopic (exact) mass is 664 g/mol. The minimum absolute atomic E-state index is 0.0267. The zero-order valence-electron chi connectivity index (χ0n) is 28.5. The van der Waals surface area contributed by atoms with Gasteiger partial charge in [-0.05, 0) is 111 Å². The van der Waals surface area contributed by atoms with Gasteiger partial charge in [0.25, 0.3) is 0 Å². The van der Waals surface area contributed by atoms with E-state index in [0.29, 0.717) is 44.9 Å². The number of hydrogen-bond donors (Lipinski definition) is 7. The third-order valence-electron chi connectivity index (χ3n) is 15.5. The molecule has 11 nitrogen and oxygen atoms in total. The van der Waals surface area contributed by atoms with Crippen molar-refractivity contribution >= 4 is 11.9 Å². The Labute approximate surface area is 277 Å². The van der Waals surface area contributed by atoms with Crippen LogP contribution < -0.4 is 0 Å². The van der Waals surface area contributed by atoms with Crippen LogP contribution in [0, 0.1) is 50.2 Å². The second-order valence-electron chi connectivity index (χ2n) is 17.4. The molecule has 0 bridgehead atoms. The molecular formula is C36H56O11. The number of esters is 1. The summed E-state index contributed by atoms with van der Waals surface area (Å²) in [5.74, 6) is -1.73. The van der Waals surface area contributed by atoms with Crippen LogP contribution in [-0.4, -0.2) is 97.7 Å². The summed E-state index contributed by atoms with van der Waals surface area (Å²) in [5, 5.41) is 72.9. The molecule has 0 aromatic rings. The number of carboxylic acids is 1. The SMILES string of the molecule is CC1(CO)CCC2(C(=O)O[C@@H]3O[C@H](CO)[C@@H](O)[C@H](O)[C@H]3O)CCC3(C)C(=CCC4C5(C)CCC(O)C(C)(C(=O)O)C5CCC43C)C2C1. The van der Waals surface area contributed by atoms with Gasteiger partial charge in [-0.15, -0.1) is 0 Å². The summed E-state index contributed by atoms with van der Waals surface area (Å²) in [6.07, 6.45) is -0.0188. The molecule has 1 aliphatic heterocycles. The summed E-state index contributed by atoms with van der Waals surface area (Å²) in [4.78, 5) is 27.1. The van der Waals surface area contributed by atoms with Gasteiger partial charge in [-0.2, -0.15) is 0 Å². The highest BCUT2D eigenvalue weighted by atomic mass is 16.7. The Kier molecular flexibility index (Phi) is 8.60. The number of ether oxygens (including phenoxy) is 2. The van der Waals surface area contributed by atoms with E-state index >= 15 is 0 Å². The number of aliphatic hydroxyl groups excluding tert-OH is 6. The number of carboxylic acid groups (broad SMARTS) is 1. The van der Waals surface area contributed by atoms with Crippen molar-refractivity contribution in [2.75, 3.05) is 13.2 Å². The number of fused-ring (bicyclic) bond motifs is 7. The van der Waals surface area contributed by atoms with Crippen molar-refractivity contribution in [1.82, 2.24) is 0 Å². The van der Waals surface area contributed by atoms with E-state index in [1.165, 1.54) is 5.57 Å². The molecule has 5 aliphatic carbocycles. The van der Waals surface area contributed by atoms with Crippen LogP contribution in [0.15, 0.2) is 11.6 Å². The molecule has 0 aromatic heterocycles. The van der Waals surface area contributed by atoms with Gasteiger partial charge in [0.1, 0.15) is 24.4 Å². The number of allylic oxidation sites excluding steroid dienone is 2. The maximum atomic E-state index is 14.4. The van der Waals surface area contributed by atoms with Crippen molar-refractivity contribution in [3.63, 3.8) is 0 Å². The van der Waals surface area contributed by atoms with E-state index in [-0.39, 0.29) is 40.6 Å². The molecule has 11 heteroatoms. The van der Waals surface area contributed by atoms with Gasteiger partial charge >= 0.3 is 11.9 Å². The first-order valence-electron chi connectivity index (χ1n) is 17.6. The maximum absolute atomic E-state index is 14.4. The highest BCUT2D eigenvalue weighted by Gasteiger charge is 2.71. The first-order valence-corrected chi connectivity index (χ1v) is 17.6. The lowest BCUT2D eigenvalue weighted by Gasteiger charge is -2.71. The van der Waals surface area contributed by atoms with Crippen molar-refractivity contribution in [2.24, 2.45) is 50.2 Å². The second-order valence-corrected chi connectivity index (χ2v) is 17.4. The zero-order valence-corrected chi connectivity index (χ0v) is 28.5. The molecular weight excluding hydrogens is 608 g/mol. The van der Waals surface area contributed by atoms with Gasteiger partial charge in [0.05, 0.1) is 23.5 Å². The largest absolute Gasteiger partial charge is 0.481 e. The highest BCUT2D eigenvalue weighted by Crippen LogP contribution is 2.76. The summed E-state index contributed by atoms with van der Waals surface area (Å²) < 4.78 is 11.5. The first kappa shape index (κ1) is 35.2. The third-order valence-corrected chi connectivity index (χ3v) is 15.5. The Morgan fingerprint density at radius 3 is 2.19 bits per heavy atom. The van der Waals surface area contributed by atoms with Gasteiger partial charge in [-0.1, -0.05) is 39.3 Å². The van der Waals surface area contributed by atoms with E-state index in [4.69, 9.17) is 9.47 Å². The fourth-order valence-corrected chi connectivity index (χ4v) is 12.0. The van der Waals surface area contributed by atoms with Crippen molar-refractivity contribution in [2.45, 2.75) is 136 Å². The van der Waals surface area contributed by atoms with Crippen LogP contribution in [0.25, 0.3) is 0 Å². The molecule has 6 rings (SSSR count). The van der Waals surface area contributed by atoms with Crippen molar-refractivity contribution in [3.05, 3.63) is 11.6 Å².